The van der Waals surface area contributed by atoms with Crippen LogP contribution in [-0.4, -0.2) is 9.13 Å². The molecule has 1 aromatic rings. The second-order valence-corrected chi connectivity index (χ2v) is 5.92. The summed E-state index contributed by atoms with van der Waals surface area (Å²) in [6.45, 7) is 0. The van der Waals surface area contributed by atoms with E-state index in [1.165, 1.54) is 24.3 Å². The summed E-state index contributed by atoms with van der Waals surface area (Å²) in [6, 6.07) is 5.31. The summed E-state index contributed by atoms with van der Waals surface area (Å²) in [7, 11) is -5.80. The molecule has 0 bridgehead atoms. The Bertz CT molecular complexity index is 487. The van der Waals surface area contributed by atoms with Gasteiger partial charge in [-0.2, -0.15) is 4.49 Å². The van der Waals surface area contributed by atoms with E-state index >= 15 is 0 Å². The Morgan fingerprint density at radius 1 is 1.38 bits per heavy atom. The van der Waals surface area contributed by atoms with Gasteiger partial charge in [0.15, 0.2) is 0 Å². The maximum Gasteiger partial charge on any atom is 0.286 e. The summed E-state index contributed by atoms with van der Waals surface area (Å²) >= 11 is 0. The molecule has 0 aliphatic rings. The maximum absolute atomic E-state index is 11.5. The molecule has 0 aliphatic heterocycles. The van der Waals surface area contributed by atoms with Gasteiger partial charge in [-0.25, -0.2) is 4.21 Å². The molecule has 0 aromatic heterocycles. The van der Waals surface area contributed by atoms with Gasteiger partial charge in [-0.05, 0) is 6.07 Å². The second kappa shape index (κ2) is 4.81. The first-order valence-corrected chi connectivity index (χ1v) is 6.91. The van der Waals surface area contributed by atoms with Crippen LogP contribution in [0.15, 0.2) is 29.2 Å². The standard InChI is InChI=1S/C6H9N4O4PS/c7-15(8,13)9-16(14)6-4-2-1-3-5(6)10(11)12/h1-4H,(H5,7,8,9,13). The molecule has 10 heteroatoms. The van der Waals surface area contributed by atoms with Crippen LogP contribution in [0, 0.1) is 10.1 Å². The monoisotopic (exact) mass is 264 g/mol. The van der Waals surface area contributed by atoms with E-state index in [4.69, 9.17) is 11.0 Å². The zero-order valence-electron chi connectivity index (χ0n) is 7.90. The van der Waals surface area contributed by atoms with Crippen LogP contribution in [0.3, 0.4) is 0 Å². The van der Waals surface area contributed by atoms with E-state index in [0.29, 0.717) is 0 Å². The van der Waals surface area contributed by atoms with Crippen molar-refractivity contribution in [3.8, 4) is 0 Å². The van der Waals surface area contributed by atoms with Crippen molar-refractivity contribution in [3.63, 3.8) is 0 Å². The number of hydrogen-bond donors (Lipinski definition) is 3. The molecule has 1 aromatic carbocycles. The lowest BCUT2D eigenvalue weighted by molar-refractivity contribution is -0.387. The van der Waals surface area contributed by atoms with Gasteiger partial charge >= 0.3 is 0 Å². The lowest BCUT2D eigenvalue weighted by atomic mass is 10.3. The van der Waals surface area contributed by atoms with Gasteiger partial charge in [0, 0.05) is 6.07 Å². The van der Waals surface area contributed by atoms with Gasteiger partial charge in [0.05, 0.1) is 4.92 Å². The molecule has 1 rings (SSSR count). The molecule has 0 fully saturated rings. The Labute approximate surface area is 93.3 Å². The van der Waals surface area contributed by atoms with E-state index in [1.54, 1.807) is 0 Å². The Morgan fingerprint density at radius 2 is 1.94 bits per heavy atom. The molecule has 5 N–H and O–H groups in total. The topological polar surface area (TPSA) is 141 Å². The summed E-state index contributed by atoms with van der Waals surface area (Å²) in [5.41, 5.74) is 9.56. The third kappa shape index (κ3) is 3.47. The predicted molar refractivity (Wildman–Crippen MR) is 58.6 cm³/mol. The van der Waals surface area contributed by atoms with Crippen molar-refractivity contribution in [2.24, 2.45) is 11.0 Å². The molecular weight excluding hydrogens is 255 g/mol. The maximum atomic E-state index is 11.5. The number of nitrogens with two attached hydrogens (primary N) is 2. The molecular formula is C6H9N4O4PS. The van der Waals surface area contributed by atoms with Crippen molar-refractivity contribution < 1.29 is 13.7 Å². The van der Waals surface area contributed by atoms with Gasteiger partial charge in [-0.15, -0.1) is 0 Å². The van der Waals surface area contributed by atoms with Crippen molar-refractivity contribution in [2.45, 2.75) is 4.90 Å². The second-order valence-electron chi connectivity index (χ2n) is 2.79. The van der Waals surface area contributed by atoms with E-state index in [9.17, 15) is 18.9 Å². The molecule has 0 amide bonds. The first-order chi connectivity index (χ1) is 7.31. The Kier molecular flexibility index (Phi) is 3.89. The summed E-state index contributed by atoms with van der Waals surface area (Å²) < 4.78 is 24.4. The van der Waals surface area contributed by atoms with Gasteiger partial charge in [-0.1, -0.05) is 12.1 Å². The fraction of sp³-hybridized carbons (Fsp3) is 0. The van der Waals surface area contributed by atoms with Crippen LogP contribution >= 0.6 is 7.59 Å². The van der Waals surface area contributed by atoms with Gasteiger partial charge in [0.25, 0.3) is 13.3 Å². The predicted octanol–water partition coefficient (Wildman–Crippen LogP) is 0.232. The minimum absolute atomic E-state index is 0.136. The largest absolute Gasteiger partial charge is 0.286 e. The molecule has 16 heavy (non-hydrogen) atoms. The highest BCUT2D eigenvalue weighted by atomic mass is 32.2. The van der Waals surface area contributed by atoms with Gasteiger partial charge in [0.2, 0.25) is 0 Å². The SMILES string of the molecule is NP(N)(=O)NS(=O)c1ccccc1[N+](=O)[O-]. The van der Waals surface area contributed by atoms with Crippen molar-refractivity contribution in [1.82, 2.24) is 4.49 Å². The molecule has 0 saturated heterocycles. The highest BCUT2D eigenvalue weighted by Gasteiger charge is 2.21. The number of para-hydroxylation sites is 1. The third-order valence-electron chi connectivity index (χ3n) is 1.49. The molecule has 1 unspecified atom stereocenters. The molecule has 0 saturated carbocycles. The minimum Gasteiger partial charge on any atom is -0.270 e. The summed E-state index contributed by atoms with van der Waals surface area (Å²) in [5, 5.41) is 10.6. The molecule has 0 heterocycles. The van der Waals surface area contributed by atoms with Crippen molar-refractivity contribution >= 4 is 24.3 Å². The first-order valence-electron chi connectivity index (χ1n) is 3.91. The third-order valence-corrected chi connectivity index (χ3v) is 4.04. The summed E-state index contributed by atoms with van der Waals surface area (Å²) in [6.07, 6.45) is 0. The van der Waals surface area contributed by atoms with Crippen LogP contribution in [0.2, 0.25) is 0 Å². The van der Waals surface area contributed by atoms with Crippen molar-refractivity contribution in [1.29, 1.82) is 0 Å². The van der Waals surface area contributed by atoms with Gasteiger partial charge < -0.3 is 0 Å². The van der Waals surface area contributed by atoms with Crippen LogP contribution in [-0.2, 0) is 15.6 Å². The average Bonchev–Trinajstić information content (AvgIpc) is 2.15. The van der Waals surface area contributed by atoms with Crippen molar-refractivity contribution in [3.05, 3.63) is 34.4 Å². The number of hydrogen-bond acceptors (Lipinski definition) is 4. The molecule has 8 nitrogen and oxygen atoms in total. The Morgan fingerprint density at radius 3 is 2.44 bits per heavy atom. The number of nitrogens with one attached hydrogen (secondary N) is 1. The Hall–Kier alpha value is -1.12. The highest BCUT2D eigenvalue weighted by Crippen LogP contribution is 2.26. The average molecular weight is 264 g/mol. The summed E-state index contributed by atoms with van der Waals surface area (Å²) in [4.78, 5) is 9.77. The lowest BCUT2D eigenvalue weighted by Gasteiger charge is -2.07. The highest BCUT2D eigenvalue weighted by molar-refractivity contribution is 7.90. The van der Waals surface area contributed by atoms with Crippen LogP contribution < -0.4 is 15.5 Å². The minimum atomic E-state index is -3.71. The molecule has 0 radical (unpaired) electrons. The van der Waals surface area contributed by atoms with E-state index in [2.05, 4.69) is 0 Å². The van der Waals surface area contributed by atoms with E-state index in [-0.39, 0.29) is 10.6 Å². The number of nitrogens with zero attached hydrogens (tertiary/aromatic N) is 1. The smallest absolute Gasteiger partial charge is 0.270 e. The van der Waals surface area contributed by atoms with E-state index in [1.807, 2.05) is 4.49 Å². The van der Waals surface area contributed by atoms with E-state index in [0.717, 1.165) is 0 Å². The number of benzene rings is 1. The fourth-order valence-corrected chi connectivity index (χ4v) is 2.91. The number of nitro groups is 1. The van der Waals surface area contributed by atoms with Crippen LogP contribution in [0.5, 0.6) is 0 Å². The number of nitro benzene ring substituents is 1. The zero-order valence-corrected chi connectivity index (χ0v) is 9.61. The molecule has 0 aliphatic carbocycles. The van der Waals surface area contributed by atoms with E-state index < -0.39 is 23.5 Å². The van der Waals surface area contributed by atoms with Crippen molar-refractivity contribution in [2.75, 3.05) is 0 Å². The normalized spacial score (nSPS) is 13.4. The molecule has 88 valence electrons. The fourth-order valence-electron chi connectivity index (χ4n) is 0.944. The molecule has 0 spiro atoms. The zero-order chi connectivity index (χ0) is 12.3. The Balaban J connectivity index is 3.09. The van der Waals surface area contributed by atoms with Crippen LogP contribution in [0.4, 0.5) is 5.69 Å². The number of rotatable bonds is 4. The molecule has 1 atom stereocenters. The van der Waals surface area contributed by atoms with Crippen LogP contribution in [0.25, 0.3) is 0 Å². The lowest BCUT2D eigenvalue weighted by Crippen LogP contribution is -2.24. The van der Waals surface area contributed by atoms with Crippen LogP contribution in [0.1, 0.15) is 0 Å². The summed E-state index contributed by atoms with van der Waals surface area (Å²) in [5.74, 6) is 0. The first kappa shape index (κ1) is 12.9. The quantitative estimate of drug-likeness (QED) is 0.403. The van der Waals surface area contributed by atoms with Gasteiger partial charge in [0.1, 0.15) is 15.9 Å². The van der Waals surface area contributed by atoms with Gasteiger partial charge in [-0.3, -0.25) is 25.7 Å².